The van der Waals surface area contributed by atoms with E-state index in [9.17, 15) is 28.8 Å². The number of carbonyl (C=O) groups excluding carboxylic acids is 4. The van der Waals surface area contributed by atoms with Gasteiger partial charge in [0.25, 0.3) is 23.6 Å². The lowest BCUT2D eigenvalue weighted by molar-refractivity contribution is -0.143. The van der Waals surface area contributed by atoms with Crippen molar-refractivity contribution in [2.24, 2.45) is 11.8 Å². The Bertz CT molecular complexity index is 967. The number of aliphatic carboxylic acids is 2. The fourth-order valence-electron chi connectivity index (χ4n) is 3.00. The van der Waals surface area contributed by atoms with Gasteiger partial charge in [0.2, 0.25) is 0 Å². The highest BCUT2D eigenvalue weighted by Gasteiger charge is 2.24. The molecule has 0 bridgehead atoms. The van der Waals surface area contributed by atoms with E-state index < -0.39 is 47.8 Å². The van der Waals surface area contributed by atoms with Crippen LogP contribution >= 0.6 is 0 Å². The molecule has 6 N–H and O–H groups in total. The second-order valence-electron chi connectivity index (χ2n) is 9.80. The molecule has 14 nitrogen and oxygen atoms in total. The van der Waals surface area contributed by atoms with Crippen LogP contribution in [0.3, 0.4) is 0 Å². The second-order valence-corrected chi connectivity index (χ2v) is 9.80. The van der Waals surface area contributed by atoms with Crippen LogP contribution in [0.1, 0.15) is 74.1 Å². The minimum Gasteiger partial charge on any atom is -0.481 e. The van der Waals surface area contributed by atoms with Crippen LogP contribution in [0, 0.1) is 11.8 Å². The number of amides is 4. The molecule has 0 aliphatic rings. The SMILES string of the molecule is CC(C)CNC(=O)C(CCC(=O)O)ONC(=O)c1cccc(C(=O)NO[C@H](CCC(=O)O)C(=O)NCC(C)C)c1. The first-order valence-electron chi connectivity index (χ1n) is 12.8. The maximum atomic E-state index is 12.6. The van der Waals surface area contributed by atoms with E-state index in [0.717, 1.165) is 0 Å². The van der Waals surface area contributed by atoms with Crippen LogP contribution in [-0.2, 0) is 28.9 Å². The van der Waals surface area contributed by atoms with Crippen LogP contribution in [-0.4, -0.2) is 71.1 Å². The number of hydroxylamine groups is 2. The molecule has 0 aliphatic carbocycles. The van der Waals surface area contributed by atoms with E-state index in [0.29, 0.717) is 13.1 Å². The van der Waals surface area contributed by atoms with Gasteiger partial charge in [0, 0.05) is 37.1 Å². The molecule has 222 valence electrons. The third-order valence-electron chi connectivity index (χ3n) is 5.17. The first-order valence-corrected chi connectivity index (χ1v) is 12.8. The average Bonchev–Trinajstić information content (AvgIpc) is 2.89. The van der Waals surface area contributed by atoms with E-state index in [1.807, 2.05) is 27.7 Å². The summed E-state index contributed by atoms with van der Waals surface area (Å²) in [5.74, 6) is -4.79. The molecule has 1 unspecified atom stereocenters. The zero-order valence-electron chi connectivity index (χ0n) is 23.0. The molecule has 40 heavy (non-hydrogen) atoms. The molecule has 1 aromatic rings. The summed E-state index contributed by atoms with van der Waals surface area (Å²) in [7, 11) is 0. The van der Waals surface area contributed by atoms with Crippen molar-refractivity contribution in [2.75, 3.05) is 13.1 Å². The molecular weight excluding hydrogens is 528 g/mol. The van der Waals surface area contributed by atoms with Crippen LogP contribution in [0.5, 0.6) is 0 Å². The molecule has 2 atom stereocenters. The Morgan fingerprint density at radius 1 is 0.700 bits per heavy atom. The molecule has 0 aliphatic heterocycles. The highest BCUT2D eigenvalue weighted by Crippen LogP contribution is 2.09. The van der Waals surface area contributed by atoms with Gasteiger partial charge in [-0.25, -0.2) is 11.0 Å². The number of carbonyl (C=O) groups is 6. The maximum absolute atomic E-state index is 12.6. The molecule has 4 amide bonds. The first-order chi connectivity index (χ1) is 18.8. The smallest absolute Gasteiger partial charge is 0.303 e. The van der Waals surface area contributed by atoms with E-state index in [-0.39, 0.29) is 48.6 Å². The van der Waals surface area contributed by atoms with E-state index >= 15 is 0 Å². The Hall–Kier alpha value is -4.04. The first kappa shape index (κ1) is 34.0. The van der Waals surface area contributed by atoms with Crippen LogP contribution in [0.15, 0.2) is 24.3 Å². The molecule has 0 saturated carbocycles. The van der Waals surface area contributed by atoms with E-state index in [2.05, 4.69) is 21.6 Å². The van der Waals surface area contributed by atoms with Crippen molar-refractivity contribution in [1.82, 2.24) is 21.6 Å². The number of hydrogen-bond donors (Lipinski definition) is 6. The Morgan fingerprint density at radius 2 is 1.07 bits per heavy atom. The Labute approximate surface area is 232 Å². The number of carboxylic acid groups (broad SMARTS) is 2. The van der Waals surface area contributed by atoms with Crippen LogP contribution in [0.2, 0.25) is 0 Å². The highest BCUT2D eigenvalue weighted by molar-refractivity contribution is 5.99. The summed E-state index contributed by atoms with van der Waals surface area (Å²) in [6, 6.07) is 5.35. The van der Waals surface area contributed by atoms with Gasteiger partial charge in [-0.05, 0) is 42.9 Å². The fraction of sp³-hybridized carbons (Fsp3) is 0.538. The van der Waals surface area contributed by atoms with Gasteiger partial charge in [0.15, 0.2) is 12.2 Å². The highest BCUT2D eigenvalue weighted by atomic mass is 16.7. The molecule has 0 saturated heterocycles. The number of carboxylic acids is 2. The van der Waals surface area contributed by atoms with Gasteiger partial charge in [-0.15, -0.1) is 0 Å². The average molecular weight is 567 g/mol. The summed E-state index contributed by atoms with van der Waals surface area (Å²) in [6.45, 7) is 8.16. The van der Waals surface area contributed by atoms with Gasteiger partial charge in [0.1, 0.15) is 0 Å². The monoisotopic (exact) mass is 566 g/mol. The van der Waals surface area contributed by atoms with E-state index in [1.165, 1.54) is 24.3 Å². The maximum Gasteiger partial charge on any atom is 0.303 e. The van der Waals surface area contributed by atoms with E-state index in [4.69, 9.17) is 19.9 Å². The summed E-state index contributed by atoms with van der Waals surface area (Å²) >= 11 is 0. The number of rotatable bonds is 18. The minimum atomic E-state index is -1.26. The van der Waals surface area contributed by atoms with Crippen molar-refractivity contribution in [2.45, 2.75) is 65.6 Å². The Balaban J connectivity index is 2.84. The number of nitrogens with one attached hydrogen (secondary N) is 4. The molecule has 1 aromatic carbocycles. The van der Waals surface area contributed by atoms with Gasteiger partial charge in [0.05, 0.1) is 0 Å². The van der Waals surface area contributed by atoms with Crippen LogP contribution in [0.4, 0.5) is 0 Å². The summed E-state index contributed by atoms with van der Waals surface area (Å²) in [5.41, 5.74) is 4.17. The van der Waals surface area contributed by atoms with Gasteiger partial charge in [-0.1, -0.05) is 33.8 Å². The Morgan fingerprint density at radius 3 is 1.40 bits per heavy atom. The number of hydrogen-bond acceptors (Lipinski definition) is 8. The molecule has 1 rings (SSSR count). The molecule has 0 spiro atoms. The van der Waals surface area contributed by atoms with Crippen LogP contribution in [0.25, 0.3) is 0 Å². The zero-order valence-corrected chi connectivity index (χ0v) is 23.0. The van der Waals surface area contributed by atoms with Crippen molar-refractivity contribution in [3.05, 3.63) is 35.4 Å². The van der Waals surface area contributed by atoms with E-state index in [1.54, 1.807) is 0 Å². The third kappa shape index (κ3) is 13.7. The predicted octanol–water partition coefficient (Wildman–Crippen LogP) is 1.02. The van der Waals surface area contributed by atoms with Crippen molar-refractivity contribution in [1.29, 1.82) is 0 Å². The molecule has 14 heteroatoms. The standard InChI is InChI=1S/C26H38N4O10/c1-15(2)13-27-25(37)19(8-10-21(31)32)39-29-23(35)17-6-5-7-18(12-17)24(36)30-40-20(9-11-22(33)34)26(38)28-14-16(3)4/h5-7,12,15-16,19-20H,8-11,13-14H2,1-4H3,(H,27,37)(H,28,38)(H,29,35)(H,30,36)(H,31,32)(H,33,34)/t19-,20?/m1/s1. The molecule has 0 heterocycles. The lowest BCUT2D eigenvalue weighted by Gasteiger charge is -2.18. The molecule has 0 aromatic heterocycles. The van der Waals surface area contributed by atoms with Crippen LogP contribution < -0.4 is 21.6 Å². The largest absolute Gasteiger partial charge is 0.481 e. The second kappa shape index (κ2) is 17.5. The normalized spacial score (nSPS) is 12.3. The topological polar surface area (TPSA) is 209 Å². The summed E-state index contributed by atoms with van der Waals surface area (Å²) in [6.07, 6.45) is -3.63. The van der Waals surface area contributed by atoms with Gasteiger partial charge < -0.3 is 20.8 Å². The molecular formula is C26H38N4O10. The Kier molecular flexibility index (Phi) is 14.9. The third-order valence-corrected chi connectivity index (χ3v) is 5.17. The van der Waals surface area contributed by atoms with Crippen molar-refractivity contribution in [3.63, 3.8) is 0 Å². The fourth-order valence-corrected chi connectivity index (χ4v) is 3.00. The quantitative estimate of drug-likeness (QED) is 0.139. The van der Waals surface area contributed by atoms with Gasteiger partial charge in [-0.3, -0.25) is 38.4 Å². The van der Waals surface area contributed by atoms with Gasteiger partial charge >= 0.3 is 11.9 Å². The molecule has 0 fully saturated rings. The van der Waals surface area contributed by atoms with Gasteiger partial charge in [-0.2, -0.15) is 0 Å². The minimum absolute atomic E-state index is 0.0238. The summed E-state index contributed by atoms with van der Waals surface area (Å²) < 4.78 is 0. The summed E-state index contributed by atoms with van der Waals surface area (Å²) in [4.78, 5) is 82.3. The molecule has 0 radical (unpaired) electrons. The zero-order chi connectivity index (χ0) is 30.2. The predicted molar refractivity (Wildman–Crippen MR) is 141 cm³/mol. The lowest BCUT2D eigenvalue weighted by Crippen LogP contribution is -2.42. The van der Waals surface area contributed by atoms with Crippen molar-refractivity contribution >= 4 is 35.6 Å². The summed E-state index contributed by atoms with van der Waals surface area (Å²) in [5, 5.41) is 23.1. The lowest BCUT2D eigenvalue weighted by atomic mass is 10.1. The number of benzene rings is 1. The van der Waals surface area contributed by atoms with Crippen molar-refractivity contribution in [3.8, 4) is 0 Å². The van der Waals surface area contributed by atoms with Crippen molar-refractivity contribution < 1.29 is 48.7 Å².